The molecule has 2 aromatic rings. The summed E-state index contributed by atoms with van der Waals surface area (Å²) in [6.45, 7) is 1.36. The van der Waals surface area contributed by atoms with Gasteiger partial charge in [0, 0.05) is 12.5 Å². The highest BCUT2D eigenvalue weighted by atomic mass is 16.5. The molecule has 0 unspecified atom stereocenters. The SMILES string of the molecule is c1cc2c(c(OCc3noc(C4CC4)n3)c1)NCCC2. The highest BCUT2D eigenvalue weighted by Crippen LogP contribution is 2.39. The van der Waals surface area contributed by atoms with Crippen LogP contribution in [0, 0.1) is 0 Å². The lowest BCUT2D eigenvalue weighted by Crippen LogP contribution is -2.13. The van der Waals surface area contributed by atoms with Crippen LogP contribution in [0.25, 0.3) is 0 Å². The van der Waals surface area contributed by atoms with Gasteiger partial charge in [-0.15, -0.1) is 0 Å². The van der Waals surface area contributed by atoms with Gasteiger partial charge in [-0.05, 0) is 37.3 Å². The van der Waals surface area contributed by atoms with Crippen molar-refractivity contribution < 1.29 is 9.26 Å². The summed E-state index contributed by atoms with van der Waals surface area (Å²) < 4.78 is 11.1. The predicted octanol–water partition coefficient (Wildman–Crippen LogP) is 2.88. The average molecular weight is 271 g/mol. The molecule has 5 heteroatoms. The first-order chi connectivity index (χ1) is 9.90. The van der Waals surface area contributed by atoms with Crippen molar-refractivity contribution in [1.82, 2.24) is 10.1 Å². The Hall–Kier alpha value is -2.04. The van der Waals surface area contributed by atoms with Crippen LogP contribution >= 0.6 is 0 Å². The number of benzene rings is 1. The number of hydrogen-bond acceptors (Lipinski definition) is 5. The third-order valence-corrected chi connectivity index (χ3v) is 3.80. The molecule has 0 bridgehead atoms. The normalized spacial score (nSPS) is 17.4. The summed E-state index contributed by atoms with van der Waals surface area (Å²) in [4.78, 5) is 4.38. The second kappa shape index (κ2) is 4.81. The van der Waals surface area contributed by atoms with Crippen molar-refractivity contribution in [2.24, 2.45) is 0 Å². The fourth-order valence-electron chi connectivity index (χ4n) is 2.56. The molecule has 1 aromatic carbocycles. The number of fused-ring (bicyclic) bond motifs is 1. The Morgan fingerprint density at radius 3 is 3.20 bits per heavy atom. The molecule has 104 valence electrons. The fraction of sp³-hybridized carbons (Fsp3) is 0.467. The maximum absolute atomic E-state index is 5.86. The quantitative estimate of drug-likeness (QED) is 0.926. The Labute approximate surface area is 117 Å². The van der Waals surface area contributed by atoms with Crippen LogP contribution in [-0.4, -0.2) is 16.7 Å². The van der Waals surface area contributed by atoms with Gasteiger partial charge in [0.05, 0.1) is 5.69 Å². The number of hydrogen-bond donors (Lipinski definition) is 1. The van der Waals surface area contributed by atoms with Crippen LogP contribution in [0.5, 0.6) is 5.75 Å². The Morgan fingerprint density at radius 1 is 1.35 bits per heavy atom. The minimum absolute atomic E-state index is 0.356. The van der Waals surface area contributed by atoms with Crippen LogP contribution in [0.15, 0.2) is 22.7 Å². The summed E-state index contributed by atoms with van der Waals surface area (Å²) >= 11 is 0. The molecule has 2 heterocycles. The van der Waals surface area contributed by atoms with Gasteiger partial charge in [-0.25, -0.2) is 0 Å². The van der Waals surface area contributed by atoms with Crippen LogP contribution < -0.4 is 10.1 Å². The Morgan fingerprint density at radius 2 is 2.30 bits per heavy atom. The first-order valence-electron chi connectivity index (χ1n) is 7.21. The molecule has 0 radical (unpaired) electrons. The van der Waals surface area contributed by atoms with Crippen LogP contribution in [0.1, 0.15) is 42.5 Å². The van der Waals surface area contributed by atoms with E-state index in [0.29, 0.717) is 18.3 Å². The molecule has 2 aliphatic rings. The van der Waals surface area contributed by atoms with E-state index in [2.05, 4.69) is 21.5 Å². The van der Waals surface area contributed by atoms with Crippen LogP contribution in [0.2, 0.25) is 0 Å². The number of aromatic nitrogens is 2. The van der Waals surface area contributed by atoms with E-state index in [9.17, 15) is 0 Å². The number of nitrogens with one attached hydrogen (secondary N) is 1. The molecule has 1 fully saturated rings. The van der Waals surface area contributed by atoms with Gasteiger partial charge in [0.1, 0.15) is 5.75 Å². The smallest absolute Gasteiger partial charge is 0.229 e. The maximum atomic E-state index is 5.86. The molecule has 0 amide bonds. The monoisotopic (exact) mass is 271 g/mol. The molecule has 1 aromatic heterocycles. The molecule has 0 atom stereocenters. The zero-order chi connectivity index (χ0) is 13.4. The van der Waals surface area contributed by atoms with E-state index in [1.54, 1.807) is 0 Å². The molecule has 1 saturated carbocycles. The first-order valence-corrected chi connectivity index (χ1v) is 7.21. The van der Waals surface area contributed by atoms with Gasteiger partial charge in [0.15, 0.2) is 6.61 Å². The van der Waals surface area contributed by atoms with Crippen LogP contribution in [-0.2, 0) is 13.0 Å². The summed E-state index contributed by atoms with van der Waals surface area (Å²) in [5, 5.41) is 7.38. The van der Waals surface area contributed by atoms with Crippen molar-refractivity contribution in [3.63, 3.8) is 0 Å². The summed E-state index contributed by atoms with van der Waals surface area (Å²) in [5.74, 6) is 2.75. The number of para-hydroxylation sites is 1. The summed E-state index contributed by atoms with van der Waals surface area (Å²) in [6, 6.07) is 6.17. The van der Waals surface area contributed by atoms with Crippen LogP contribution in [0.4, 0.5) is 5.69 Å². The van der Waals surface area contributed by atoms with Gasteiger partial charge in [0.2, 0.25) is 11.7 Å². The lowest BCUT2D eigenvalue weighted by Gasteiger charge is -2.20. The largest absolute Gasteiger partial charge is 0.483 e. The van der Waals surface area contributed by atoms with Gasteiger partial charge in [0.25, 0.3) is 0 Å². The van der Waals surface area contributed by atoms with Crippen molar-refractivity contribution in [1.29, 1.82) is 0 Å². The van der Waals surface area contributed by atoms with E-state index in [1.807, 2.05) is 12.1 Å². The molecule has 20 heavy (non-hydrogen) atoms. The second-order valence-electron chi connectivity index (χ2n) is 5.43. The van der Waals surface area contributed by atoms with E-state index in [0.717, 1.165) is 30.3 Å². The second-order valence-corrected chi connectivity index (χ2v) is 5.43. The third kappa shape index (κ3) is 2.24. The van der Waals surface area contributed by atoms with Crippen molar-refractivity contribution in [3.8, 4) is 5.75 Å². The summed E-state index contributed by atoms with van der Waals surface area (Å²) in [7, 11) is 0. The first kappa shape index (κ1) is 11.8. The van der Waals surface area contributed by atoms with Crippen LogP contribution in [0.3, 0.4) is 0 Å². The predicted molar refractivity (Wildman–Crippen MR) is 73.9 cm³/mol. The van der Waals surface area contributed by atoms with Crippen molar-refractivity contribution in [3.05, 3.63) is 35.5 Å². The van der Waals surface area contributed by atoms with E-state index in [-0.39, 0.29) is 0 Å². The zero-order valence-corrected chi connectivity index (χ0v) is 11.3. The van der Waals surface area contributed by atoms with Gasteiger partial charge < -0.3 is 14.6 Å². The average Bonchev–Trinajstić information content (AvgIpc) is 3.24. The van der Waals surface area contributed by atoms with Gasteiger partial charge in [-0.1, -0.05) is 17.3 Å². The molecule has 4 rings (SSSR count). The minimum Gasteiger partial charge on any atom is -0.483 e. The summed E-state index contributed by atoms with van der Waals surface area (Å²) in [5.41, 5.74) is 2.44. The third-order valence-electron chi connectivity index (χ3n) is 3.80. The molecule has 0 spiro atoms. The Balaban J connectivity index is 1.48. The van der Waals surface area contributed by atoms with E-state index in [4.69, 9.17) is 9.26 Å². The number of aryl methyl sites for hydroxylation is 1. The molecule has 0 saturated heterocycles. The Kier molecular flexibility index (Phi) is 2.83. The van der Waals surface area contributed by atoms with Gasteiger partial charge in [-0.2, -0.15) is 4.98 Å². The van der Waals surface area contributed by atoms with Gasteiger partial charge in [-0.3, -0.25) is 0 Å². The zero-order valence-electron chi connectivity index (χ0n) is 11.3. The maximum Gasteiger partial charge on any atom is 0.229 e. The number of nitrogens with zero attached hydrogens (tertiary/aromatic N) is 2. The molecule has 5 nitrogen and oxygen atoms in total. The highest BCUT2D eigenvalue weighted by molar-refractivity contribution is 5.63. The number of anilines is 1. The van der Waals surface area contributed by atoms with E-state index in [1.165, 1.54) is 24.8 Å². The Bertz CT molecular complexity index is 619. The number of ether oxygens (including phenoxy) is 1. The van der Waals surface area contributed by atoms with E-state index >= 15 is 0 Å². The molecule has 1 aliphatic heterocycles. The summed E-state index contributed by atoms with van der Waals surface area (Å²) in [6.07, 6.45) is 4.61. The van der Waals surface area contributed by atoms with E-state index < -0.39 is 0 Å². The highest BCUT2D eigenvalue weighted by Gasteiger charge is 2.29. The molecular weight excluding hydrogens is 254 g/mol. The lowest BCUT2D eigenvalue weighted by atomic mass is 10.0. The lowest BCUT2D eigenvalue weighted by molar-refractivity contribution is 0.286. The van der Waals surface area contributed by atoms with Crippen molar-refractivity contribution in [2.45, 2.75) is 38.2 Å². The van der Waals surface area contributed by atoms with Crippen molar-refractivity contribution in [2.75, 3.05) is 11.9 Å². The minimum atomic E-state index is 0.356. The molecular formula is C15H17N3O2. The fourth-order valence-corrected chi connectivity index (χ4v) is 2.56. The topological polar surface area (TPSA) is 60.2 Å². The number of rotatable bonds is 4. The molecule has 1 aliphatic carbocycles. The van der Waals surface area contributed by atoms with Gasteiger partial charge >= 0.3 is 0 Å². The molecule has 1 N–H and O–H groups in total. The standard InChI is InChI=1S/C15H17N3O2/c1-3-10-4-2-8-16-14(10)12(5-1)19-9-13-17-15(20-18-13)11-6-7-11/h1,3,5,11,16H,2,4,6-9H2. The van der Waals surface area contributed by atoms with Crippen molar-refractivity contribution >= 4 is 5.69 Å².